The van der Waals surface area contributed by atoms with Crippen LogP contribution in [0, 0.1) is 6.92 Å². The summed E-state index contributed by atoms with van der Waals surface area (Å²) in [6.07, 6.45) is 0.624. The second kappa shape index (κ2) is 13.9. The molecule has 3 aromatic carbocycles. The monoisotopic (exact) mass is 664 g/mol. The molecule has 0 bridgehead atoms. The minimum absolute atomic E-state index is 0.0281. The van der Waals surface area contributed by atoms with Crippen LogP contribution in [0.2, 0.25) is 0 Å². The van der Waals surface area contributed by atoms with Gasteiger partial charge in [-0.25, -0.2) is 9.67 Å². The lowest BCUT2D eigenvalue weighted by atomic mass is 9.99. The van der Waals surface area contributed by atoms with Gasteiger partial charge >= 0.3 is 6.36 Å². The van der Waals surface area contributed by atoms with Crippen LogP contribution in [0.3, 0.4) is 0 Å². The van der Waals surface area contributed by atoms with Gasteiger partial charge in [-0.05, 0) is 85.1 Å². The number of amides is 1. The smallest absolute Gasteiger partial charge is 0.406 e. The Morgan fingerprint density at radius 2 is 1.87 bits per heavy atom. The van der Waals surface area contributed by atoms with Crippen molar-refractivity contribution in [2.24, 2.45) is 4.99 Å². The van der Waals surface area contributed by atoms with Crippen molar-refractivity contribution in [3.05, 3.63) is 95.8 Å². The number of hydrogen-bond acceptors (Lipinski definition) is 6. The first-order chi connectivity index (χ1) is 21.9. The number of aryl methyl sites for hydroxylation is 1. The fourth-order valence-corrected chi connectivity index (χ4v) is 5.93. The number of nitrogens with one attached hydrogen (secondary N) is 1. The first-order valence-electron chi connectivity index (χ1n) is 14.4. The van der Waals surface area contributed by atoms with Gasteiger partial charge in [-0.15, -0.1) is 18.3 Å². The normalized spacial score (nSPS) is 15.3. The maximum Gasteiger partial charge on any atom is 0.573 e. The van der Waals surface area contributed by atoms with Gasteiger partial charge in [0.2, 0.25) is 5.91 Å². The number of benzene rings is 3. The topological polar surface area (TPSA) is 84.6 Å². The largest absolute Gasteiger partial charge is 0.573 e. The number of hydrogen-bond donors (Lipinski definition) is 1. The van der Waals surface area contributed by atoms with Gasteiger partial charge in [0.05, 0.1) is 17.1 Å². The standard InChI is InChI=1S/C33H31F3N6O2S2/c1-20(2)27-15-8-21(3)16-28(27)42-29(43)18-46-32(42)39-31(45)38-22(4)9-10-23-6-5-7-24(17-23)30-37-19-41(40-30)25-11-13-26(14-12-25)44-33(34,35)36/h5-17,19-20,22H,18H2,1-4H3,(H,38,45)/b10-9-,39-32?. The maximum absolute atomic E-state index is 12.9. The van der Waals surface area contributed by atoms with Crippen molar-refractivity contribution in [3.63, 3.8) is 0 Å². The number of halogens is 3. The van der Waals surface area contributed by atoms with E-state index in [0.717, 1.165) is 27.9 Å². The number of thiocarbonyl (C=S) groups is 1. The highest BCUT2D eigenvalue weighted by molar-refractivity contribution is 8.15. The van der Waals surface area contributed by atoms with E-state index in [2.05, 4.69) is 45.0 Å². The third-order valence-electron chi connectivity index (χ3n) is 6.91. The van der Waals surface area contributed by atoms with E-state index >= 15 is 0 Å². The molecule has 238 valence electrons. The molecule has 1 saturated heterocycles. The Balaban J connectivity index is 1.24. The summed E-state index contributed by atoms with van der Waals surface area (Å²) in [5.41, 5.74) is 5.17. The molecule has 1 aromatic heterocycles. The van der Waals surface area contributed by atoms with Crippen molar-refractivity contribution in [2.45, 2.75) is 46.0 Å². The SMILES string of the molecule is Cc1ccc(C(C)C)c(N2C(=O)CSC2=NC(=S)NC(C)/C=C\c2cccc(-c3ncn(-c4ccc(OC(F)(F)F)cc4)n3)c2)c1. The van der Waals surface area contributed by atoms with Crippen LogP contribution in [0.25, 0.3) is 23.2 Å². The molecule has 46 heavy (non-hydrogen) atoms. The molecule has 0 saturated carbocycles. The van der Waals surface area contributed by atoms with Gasteiger partial charge in [-0.3, -0.25) is 9.69 Å². The van der Waals surface area contributed by atoms with Gasteiger partial charge in [-0.2, -0.15) is 4.99 Å². The Labute approximate surface area is 274 Å². The lowest BCUT2D eigenvalue weighted by Crippen LogP contribution is -2.34. The van der Waals surface area contributed by atoms with Crippen molar-refractivity contribution in [1.82, 2.24) is 20.1 Å². The van der Waals surface area contributed by atoms with Gasteiger partial charge in [0, 0.05) is 11.6 Å². The van der Waals surface area contributed by atoms with Gasteiger partial charge < -0.3 is 10.1 Å². The van der Waals surface area contributed by atoms with Gasteiger partial charge in [-0.1, -0.05) is 68.1 Å². The second-order valence-electron chi connectivity index (χ2n) is 10.9. The first kappa shape index (κ1) is 32.9. The quantitative estimate of drug-likeness (QED) is 0.194. The molecule has 0 radical (unpaired) electrons. The fourth-order valence-electron chi connectivity index (χ4n) is 4.74. The highest BCUT2D eigenvalue weighted by Crippen LogP contribution is 2.34. The average Bonchev–Trinajstić information content (AvgIpc) is 3.62. The lowest BCUT2D eigenvalue weighted by molar-refractivity contribution is -0.274. The Morgan fingerprint density at radius 3 is 2.59 bits per heavy atom. The van der Waals surface area contributed by atoms with Crippen molar-refractivity contribution >= 4 is 51.9 Å². The van der Waals surface area contributed by atoms with Crippen LogP contribution in [0.1, 0.15) is 43.4 Å². The second-order valence-corrected chi connectivity index (χ2v) is 12.2. The van der Waals surface area contributed by atoms with Crippen LogP contribution >= 0.6 is 24.0 Å². The highest BCUT2D eigenvalue weighted by atomic mass is 32.2. The number of carbonyl (C=O) groups excluding carboxylic acids is 1. The fraction of sp³-hybridized carbons (Fsp3) is 0.242. The summed E-state index contributed by atoms with van der Waals surface area (Å²) in [5, 5.41) is 8.51. The Hall–Kier alpha value is -4.49. The molecule has 8 nitrogen and oxygen atoms in total. The molecule has 5 rings (SSSR count). The molecule has 13 heteroatoms. The number of aliphatic imine (C=N–C) groups is 1. The van der Waals surface area contributed by atoms with E-state index in [0.29, 0.717) is 22.4 Å². The molecule has 1 atom stereocenters. The Morgan fingerprint density at radius 1 is 1.11 bits per heavy atom. The zero-order chi connectivity index (χ0) is 33.0. The summed E-state index contributed by atoms with van der Waals surface area (Å²) in [6.45, 7) is 8.14. The lowest BCUT2D eigenvalue weighted by Gasteiger charge is -2.22. The predicted molar refractivity (Wildman–Crippen MR) is 180 cm³/mol. The zero-order valence-electron chi connectivity index (χ0n) is 25.4. The minimum atomic E-state index is -4.76. The van der Waals surface area contributed by atoms with Gasteiger partial charge in [0.1, 0.15) is 12.1 Å². The van der Waals surface area contributed by atoms with Crippen LogP contribution in [0.15, 0.2) is 84.1 Å². The summed E-state index contributed by atoms with van der Waals surface area (Å²) in [7, 11) is 0. The number of anilines is 1. The molecule has 1 aliphatic rings. The van der Waals surface area contributed by atoms with E-state index in [1.165, 1.54) is 47.0 Å². The molecule has 4 aromatic rings. The minimum Gasteiger partial charge on any atom is -0.406 e. The maximum atomic E-state index is 12.9. The van der Waals surface area contributed by atoms with Crippen LogP contribution in [-0.2, 0) is 4.79 Å². The van der Waals surface area contributed by atoms with Crippen LogP contribution in [0.4, 0.5) is 18.9 Å². The number of aromatic nitrogens is 3. The van der Waals surface area contributed by atoms with E-state index in [1.54, 1.807) is 4.90 Å². The van der Waals surface area contributed by atoms with Crippen LogP contribution < -0.4 is 15.0 Å². The average molecular weight is 665 g/mol. The van der Waals surface area contributed by atoms with Crippen molar-refractivity contribution in [2.75, 3.05) is 10.7 Å². The third-order valence-corrected chi connectivity index (χ3v) is 8.04. The summed E-state index contributed by atoms with van der Waals surface area (Å²) >= 11 is 6.92. The summed E-state index contributed by atoms with van der Waals surface area (Å²) < 4.78 is 42.8. The molecule has 0 spiro atoms. The molecule has 2 heterocycles. The number of ether oxygens (including phenoxy) is 1. The molecule has 1 fully saturated rings. The van der Waals surface area contributed by atoms with Gasteiger partial charge in [0.25, 0.3) is 0 Å². The number of carbonyl (C=O) groups is 1. The Kier molecular flexibility index (Phi) is 9.92. The van der Waals surface area contributed by atoms with E-state index in [4.69, 9.17) is 12.2 Å². The first-order valence-corrected chi connectivity index (χ1v) is 15.8. The Bertz CT molecular complexity index is 1800. The van der Waals surface area contributed by atoms with E-state index in [1.807, 2.05) is 62.4 Å². The number of amidine groups is 1. The number of thioether (sulfide) groups is 1. The summed E-state index contributed by atoms with van der Waals surface area (Å²) in [4.78, 5) is 23.5. The van der Waals surface area contributed by atoms with E-state index in [9.17, 15) is 18.0 Å². The molecule has 0 aliphatic carbocycles. The molecule has 1 amide bonds. The molecule has 1 unspecified atom stereocenters. The van der Waals surface area contributed by atoms with Crippen molar-refractivity contribution < 1.29 is 22.7 Å². The molecule has 1 N–H and O–H groups in total. The molecular formula is C33H31F3N6O2S2. The number of alkyl halides is 3. The summed E-state index contributed by atoms with van der Waals surface area (Å²) in [6, 6.07) is 18.9. The number of nitrogens with zero attached hydrogens (tertiary/aromatic N) is 5. The van der Waals surface area contributed by atoms with Crippen LogP contribution in [0.5, 0.6) is 5.75 Å². The highest BCUT2D eigenvalue weighted by Gasteiger charge is 2.32. The van der Waals surface area contributed by atoms with Crippen LogP contribution in [-0.4, -0.2) is 49.1 Å². The number of rotatable bonds is 8. The van der Waals surface area contributed by atoms with Gasteiger partial charge in [0.15, 0.2) is 16.1 Å². The van der Waals surface area contributed by atoms with Crippen molar-refractivity contribution in [1.29, 1.82) is 0 Å². The summed E-state index contributed by atoms with van der Waals surface area (Å²) in [5.74, 6) is 0.647. The van der Waals surface area contributed by atoms with E-state index in [-0.39, 0.29) is 28.7 Å². The predicted octanol–water partition coefficient (Wildman–Crippen LogP) is 7.68. The third kappa shape index (κ3) is 8.20. The zero-order valence-corrected chi connectivity index (χ0v) is 27.1. The van der Waals surface area contributed by atoms with Crippen molar-refractivity contribution in [3.8, 4) is 22.8 Å². The molecular weight excluding hydrogens is 634 g/mol. The van der Waals surface area contributed by atoms with E-state index < -0.39 is 6.36 Å². The molecule has 1 aliphatic heterocycles.